The first-order valence-electron chi connectivity index (χ1n) is 8.19. The molecule has 0 bridgehead atoms. The van der Waals surface area contributed by atoms with E-state index in [0.29, 0.717) is 17.5 Å². The fraction of sp³-hybridized carbons (Fsp3) is 0.350. The van der Waals surface area contributed by atoms with Crippen molar-refractivity contribution in [2.24, 2.45) is 0 Å². The van der Waals surface area contributed by atoms with Gasteiger partial charge < -0.3 is 14.9 Å². The van der Waals surface area contributed by atoms with E-state index in [9.17, 15) is 15.0 Å². The molecule has 1 aliphatic rings. The molecule has 0 aliphatic carbocycles. The monoisotopic (exact) mass is 326 g/mol. The Kier molecular flexibility index (Phi) is 3.78. The number of phenols is 1. The lowest BCUT2D eigenvalue weighted by Crippen LogP contribution is -2.30. The van der Waals surface area contributed by atoms with Gasteiger partial charge in [-0.25, -0.2) is 4.79 Å². The van der Waals surface area contributed by atoms with Gasteiger partial charge in [0.25, 0.3) is 0 Å². The molecule has 126 valence electrons. The lowest BCUT2D eigenvalue weighted by molar-refractivity contribution is 0.0668. The normalized spacial score (nSPS) is 14.5. The second-order valence-electron chi connectivity index (χ2n) is 6.85. The van der Waals surface area contributed by atoms with Crippen molar-refractivity contribution in [3.63, 3.8) is 0 Å². The van der Waals surface area contributed by atoms with Crippen molar-refractivity contribution in [2.75, 3.05) is 0 Å². The first kappa shape index (κ1) is 16.4. The third-order valence-corrected chi connectivity index (χ3v) is 4.53. The van der Waals surface area contributed by atoms with Crippen molar-refractivity contribution in [2.45, 2.75) is 46.1 Å². The second-order valence-corrected chi connectivity index (χ2v) is 6.85. The molecule has 0 fully saturated rings. The Hall–Kier alpha value is -2.49. The molecule has 3 rings (SSSR count). The zero-order valence-corrected chi connectivity index (χ0v) is 14.4. The molecule has 0 spiro atoms. The molecule has 0 amide bonds. The SMILES string of the molecule is CCCc1cc(O)c2c(c1C(=O)O)OC(C)(C)c1ccc(C)cc1-2. The fourth-order valence-electron chi connectivity index (χ4n) is 3.46. The van der Waals surface area contributed by atoms with Crippen molar-refractivity contribution in [1.82, 2.24) is 0 Å². The van der Waals surface area contributed by atoms with Crippen molar-refractivity contribution >= 4 is 5.97 Å². The number of carboxylic acids is 1. The van der Waals surface area contributed by atoms with E-state index < -0.39 is 11.6 Å². The van der Waals surface area contributed by atoms with Gasteiger partial charge >= 0.3 is 5.97 Å². The first-order chi connectivity index (χ1) is 11.3. The molecule has 4 heteroatoms. The molecule has 0 aromatic heterocycles. The maximum Gasteiger partial charge on any atom is 0.339 e. The van der Waals surface area contributed by atoms with Crippen LogP contribution in [0.15, 0.2) is 24.3 Å². The highest BCUT2D eigenvalue weighted by atomic mass is 16.5. The molecule has 2 aromatic carbocycles. The number of carbonyl (C=O) groups is 1. The summed E-state index contributed by atoms with van der Waals surface area (Å²) in [5.74, 6) is -0.684. The molecule has 2 N–H and O–H groups in total. The minimum Gasteiger partial charge on any atom is -0.507 e. The molecule has 2 aromatic rings. The summed E-state index contributed by atoms with van der Waals surface area (Å²) in [6.45, 7) is 7.78. The molecule has 1 heterocycles. The van der Waals surface area contributed by atoms with Crippen molar-refractivity contribution < 1.29 is 19.7 Å². The van der Waals surface area contributed by atoms with Crippen LogP contribution in [0.3, 0.4) is 0 Å². The average Bonchev–Trinajstić information content (AvgIpc) is 2.45. The van der Waals surface area contributed by atoms with Gasteiger partial charge in [-0.15, -0.1) is 0 Å². The Morgan fingerprint density at radius 3 is 2.58 bits per heavy atom. The number of aryl methyl sites for hydroxylation is 2. The lowest BCUT2D eigenvalue weighted by Gasteiger charge is -2.36. The van der Waals surface area contributed by atoms with E-state index in [1.165, 1.54) is 0 Å². The molecular weight excluding hydrogens is 304 g/mol. The zero-order chi connectivity index (χ0) is 17.6. The average molecular weight is 326 g/mol. The Labute approximate surface area is 141 Å². The summed E-state index contributed by atoms with van der Waals surface area (Å²) < 4.78 is 6.11. The summed E-state index contributed by atoms with van der Waals surface area (Å²) in [5, 5.41) is 20.4. The molecule has 1 aliphatic heterocycles. The third-order valence-electron chi connectivity index (χ3n) is 4.53. The van der Waals surface area contributed by atoms with Crippen LogP contribution in [0.2, 0.25) is 0 Å². The van der Waals surface area contributed by atoms with Gasteiger partial charge in [0.2, 0.25) is 0 Å². The molecule has 0 saturated carbocycles. The van der Waals surface area contributed by atoms with Gasteiger partial charge in [-0.05, 0) is 44.4 Å². The Bertz CT molecular complexity index is 834. The summed E-state index contributed by atoms with van der Waals surface area (Å²) in [7, 11) is 0. The highest BCUT2D eigenvalue weighted by molar-refractivity contribution is 5.98. The third kappa shape index (κ3) is 2.42. The molecule has 4 nitrogen and oxygen atoms in total. The molecule has 24 heavy (non-hydrogen) atoms. The standard InChI is InChI=1S/C20H22O4/c1-5-6-12-10-15(21)17-13-9-11(2)7-8-14(13)20(3,4)24-18(17)16(12)19(22)23/h7-10,21H,5-6H2,1-4H3,(H,22,23). The van der Waals surface area contributed by atoms with Crippen LogP contribution in [-0.2, 0) is 12.0 Å². The van der Waals surface area contributed by atoms with Crippen LogP contribution in [0.25, 0.3) is 11.1 Å². The van der Waals surface area contributed by atoms with Crippen LogP contribution in [0.1, 0.15) is 54.2 Å². The van der Waals surface area contributed by atoms with Gasteiger partial charge in [0.15, 0.2) is 0 Å². The predicted molar refractivity (Wildman–Crippen MR) is 92.9 cm³/mol. The minimum absolute atomic E-state index is 0.0702. The van der Waals surface area contributed by atoms with Crippen LogP contribution in [0.5, 0.6) is 11.5 Å². The van der Waals surface area contributed by atoms with E-state index in [1.807, 2.05) is 45.9 Å². The van der Waals surface area contributed by atoms with Crippen LogP contribution in [0.4, 0.5) is 0 Å². The molecule has 0 atom stereocenters. The summed E-state index contributed by atoms with van der Waals surface area (Å²) in [6.07, 6.45) is 1.37. The van der Waals surface area contributed by atoms with Crippen molar-refractivity contribution in [3.8, 4) is 22.6 Å². The number of hydrogen-bond acceptors (Lipinski definition) is 3. The predicted octanol–water partition coefficient (Wildman–Crippen LogP) is 4.65. The maximum absolute atomic E-state index is 11.9. The second kappa shape index (κ2) is 5.55. The number of phenolic OH excluding ortho intramolecular Hbond substituents is 1. The zero-order valence-electron chi connectivity index (χ0n) is 14.4. The van der Waals surface area contributed by atoms with Gasteiger partial charge in [0.1, 0.15) is 22.7 Å². The molecule has 0 saturated heterocycles. The largest absolute Gasteiger partial charge is 0.507 e. The van der Waals surface area contributed by atoms with E-state index in [0.717, 1.165) is 23.1 Å². The fourth-order valence-corrected chi connectivity index (χ4v) is 3.46. The highest BCUT2D eigenvalue weighted by Gasteiger charge is 2.37. The van der Waals surface area contributed by atoms with Crippen LogP contribution >= 0.6 is 0 Å². The number of hydrogen-bond donors (Lipinski definition) is 2. The molecule has 0 unspecified atom stereocenters. The number of aromatic hydroxyl groups is 1. The smallest absolute Gasteiger partial charge is 0.339 e. The number of carboxylic acid groups (broad SMARTS) is 1. The van der Waals surface area contributed by atoms with E-state index in [2.05, 4.69) is 0 Å². The number of fused-ring (bicyclic) bond motifs is 3. The number of rotatable bonds is 3. The van der Waals surface area contributed by atoms with E-state index in [-0.39, 0.29) is 17.1 Å². The highest BCUT2D eigenvalue weighted by Crippen LogP contribution is 2.51. The Morgan fingerprint density at radius 2 is 1.96 bits per heavy atom. The Balaban J connectivity index is 2.41. The van der Waals surface area contributed by atoms with Crippen molar-refractivity contribution in [3.05, 3.63) is 46.5 Å². The summed E-state index contributed by atoms with van der Waals surface area (Å²) >= 11 is 0. The summed E-state index contributed by atoms with van der Waals surface area (Å²) in [5.41, 5.74) is 3.40. The van der Waals surface area contributed by atoms with Gasteiger partial charge in [-0.2, -0.15) is 0 Å². The van der Waals surface area contributed by atoms with E-state index in [4.69, 9.17) is 4.74 Å². The summed E-state index contributed by atoms with van der Waals surface area (Å²) in [4.78, 5) is 11.9. The number of ether oxygens (including phenoxy) is 1. The topological polar surface area (TPSA) is 66.8 Å². The van der Waals surface area contributed by atoms with Crippen LogP contribution < -0.4 is 4.74 Å². The van der Waals surface area contributed by atoms with E-state index in [1.54, 1.807) is 6.07 Å². The van der Waals surface area contributed by atoms with Crippen LogP contribution in [0, 0.1) is 6.92 Å². The lowest BCUT2D eigenvalue weighted by atomic mass is 9.83. The van der Waals surface area contributed by atoms with Crippen LogP contribution in [-0.4, -0.2) is 16.2 Å². The van der Waals surface area contributed by atoms with E-state index >= 15 is 0 Å². The van der Waals surface area contributed by atoms with Gasteiger partial charge in [0, 0.05) is 5.56 Å². The first-order valence-corrected chi connectivity index (χ1v) is 8.19. The molecule has 0 radical (unpaired) electrons. The maximum atomic E-state index is 11.9. The quantitative estimate of drug-likeness (QED) is 0.862. The minimum atomic E-state index is -1.03. The van der Waals surface area contributed by atoms with Gasteiger partial charge in [-0.3, -0.25) is 0 Å². The van der Waals surface area contributed by atoms with Gasteiger partial charge in [0.05, 0.1) is 5.56 Å². The molecular formula is C20H22O4. The Morgan fingerprint density at radius 1 is 1.25 bits per heavy atom. The summed E-state index contributed by atoms with van der Waals surface area (Å²) in [6, 6.07) is 7.52. The van der Waals surface area contributed by atoms with Crippen molar-refractivity contribution in [1.29, 1.82) is 0 Å². The van der Waals surface area contributed by atoms with Gasteiger partial charge in [-0.1, -0.05) is 37.1 Å². The number of aromatic carboxylic acids is 1. The number of benzene rings is 2.